The summed E-state index contributed by atoms with van der Waals surface area (Å²) in [6.45, 7) is 1.73. The average Bonchev–Trinajstić information content (AvgIpc) is 2.81. The molecule has 0 aliphatic heterocycles. The van der Waals surface area contributed by atoms with Crippen molar-refractivity contribution in [3.05, 3.63) is 15.8 Å². The first-order chi connectivity index (χ1) is 9.44. The molecule has 7 heteroatoms. The molecule has 0 radical (unpaired) electrons. The number of nitrogens with one attached hydrogen (secondary N) is 2. The molecule has 1 amide bonds. The topological polar surface area (TPSA) is 75.3 Å². The average molecular weight is 316 g/mol. The van der Waals surface area contributed by atoms with Crippen LogP contribution in [0.1, 0.15) is 46.7 Å². The second kappa shape index (κ2) is 6.24. The third-order valence-corrected chi connectivity index (χ3v) is 6.36. The lowest BCUT2D eigenvalue weighted by atomic mass is 9.96. The third kappa shape index (κ3) is 3.39. The fraction of sp³-hybridized carbons (Fsp3) is 0.615. The lowest BCUT2D eigenvalue weighted by molar-refractivity contribution is 0.0967. The van der Waals surface area contributed by atoms with Crippen LogP contribution in [0.25, 0.3) is 0 Å². The Bertz CT molecular complexity index is 587. The predicted molar refractivity (Wildman–Crippen MR) is 79.6 cm³/mol. The van der Waals surface area contributed by atoms with Gasteiger partial charge in [-0.05, 0) is 25.8 Å². The minimum absolute atomic E-state index is 0.0245. The van der Waals surface area contributed by atoms with Crippen molar-refractivity contribution in [3.8, 4) is 0 Å². The molecule has 112 valence electrons. The molecule has 0 spiro atoms. The quantitative estimate of drug-likeness (QED) is 0.892. The van der Waals surface area contributed by atoms with E-state index in [1.165, 1.54) is 30.9 Å². The molecule has 1 aromatic heterocycles. The van der Waals surface area contributed by atoms with Crippen molar-refractivity contribution >= 4 is 27.3 Å². The molecule has 1 aliphatic carbocycles. The molecular formula is C13H20N2O3S2. The summed E-state index contributed by atoms with van der Waals surface area (Å²) in [7, 11) is -2.00. The first kappa shape index (κ1) is 15.5. The van der Waals surface area contributed by atoms with Crippen LogP contribution in [-0.2, 0) is 10.0 Å². The van der Waals surface area contributed by atoms with Crippen LogP contribution in [0.2, 0.25) is 0 Å². The number of hydrogen-bond acceptors (Lipinski definition) is 4. The second-order valence-electron chi connectivity index (χ2n) is 5.07. The Morgan fingerprint density at radius 1 is 1.30 bits per heavy atom. The van der Waals surface area contributed by atoms with Crippen LogP contribution in [0.3, 0.4) is 0 Å². The summed E-state index contributed by atoms with van der Waals surface area (Å²) in [5.41, 5.74) is 0. The molecule has 2 rings (SSSR count). The smallest absolute Gasteiger partial charge is 0.261 e. The van der Waals surface area contributed by atoms with Crippen molar-refractivity contribution in [2.75, 3.05) is 7.05 Å². The molecule has 1 fully saturated rings. The number of hydrogen-bond donors (Lipinski definition) is 2. The summed E-state index contributed by atoms with van der Waals surface area (Å²) >= 11 is 1.20. The van der Waals surface area contributed by atoms with Crippen molar-refractivity contribution in [1.82, 2.24) is 10.0 Å². The van der Waals surface area contributed by atoms with Crippen LogP contribution in [0, 0.1) is 6.92 Å². The Labute approximate surface area is 123 Å². The van der Waals surface area contributed by atoms with Crippen LogP contribution in [-0.4, -0.2) is 27.4 Å². The fourth-order valence-corrected chi connectivity index (χ4v) is 5.31. The van der Waals surface area contributed by atoms with Gasteiger partial charge >= 0.3 is 0 Å². The number of carbonyl (C=O) groups is 1. The van der Waals surface area contributed by atoms with Crippen molar-refractivity contribution in [1.29, 1.82) is 0 Å². The van der Waals surface area contributed by atoms with E-state index in [1.807, 2.05) is 0 Å². The minimum Gasteiger partial charge on any atom is -0.354 e. The normalized spacial score (nSPS) is 17.1. The number of carbonyl (C=O) groups excluding carboxylic acids is 1. The largest absolute Gasteiger partial charge is 0.354 e. The Morgan fingerprint density at radius 2 is 1.95 bits per heavy atom. The molecule has 0 saturated heterocycles. The highest BCUT2D eigenvalue weighted by Gasteiger charge is 2.25. The fourth-order valence-electron chi connectivity index (χ4n) is 2.47. The molecule has 5 nitrogen and oxygen atoms in total. The van der Waals surface area contributed by atoms with Gasteiger partial charge in [0.2, 0.25) is 10.0 Å². The summed E-state index contributed by atoms with van der Waals surface area (Å²) < 4.78 is 27.6. The van der Waals surface area contributed by atoms with Gasteiger partial charge in [-0.1, -0.05) is 19.3 Å². The van der Waals surface area contributed by atoms with E-state index < -0.39 is 10.0 Å². The maximum atomic E-state index is 12.4. The lowest BCUT2D eigenvalue weighted by Gasteiger charge is -2.22. The highest BCUT2D eigenvalue weighted by atomic mass is 32.2. The molecule has 0 atom stereocenters. The Morgan fingerprint density at radius 3 is 2.55 bits per heavy atom. The molecule has 0 unspecified atom stereocenters. The number of sulfonamides is 1. The SMILES string of the molecule is CNC(=O)c1cc(S(=O)(=O)NC2CCCCC2)c(C)s1. The van der Waals surface area contributed by atoms with E-state index >= 15 is 0 Å². The summed E-state index contributed by atoms with van der Waals surface area (Å²) in [5.74, 6) is -0.253. The number of thiophene rings is 1. The second-order valence-corrected chi connectivity index (χ2v) is 8.01. The minimum atomic E-state index is -3.53. The maximum Gasteiger partial charge on any atom is 0.261 e. The van der Waals surface area contributed by atoms with Gasteiger partial charge in [-0.15, -0.1) is 11.3 Å². The molecule has 1 heterocycles. The van der Waals surface area contributed by atoms with Crippen LogP contribution in [0.4, 0.5) is 0 Å². The van der Waals surface area contributed by atoms with Gasteiger partial charge in [-0.25, -0.2) is 13.1 Å². The van der Waals surface area contributed by atoms with Gasteiger partial charge in [-0.3, -0.25) is 4.79 Å². The van der Waals surface area contributed by atoms with Crippen molar-refractivity contribution in [3.63, 3.8) is 0 Å². The predicted octanol–water partition coefficient (Wildman–Crippen LogP) is 2.03. The molecular weight excluding hydrogens is 296 g/mol. The van der Waals surface area contributed by atoms with Crippen molar-refractivity contribution < 1.29 is 13.2 Å². The monoisotopic (exact) mass is 316 g/mol. The Balaban J connectivity index is 2.20. The number of rotatable bonds is 4. The zero-order valence-electron chi connectivity index (χ0n) is 11.7. The Kier molecular flexibility index (Phi) is 4.82. The molecule has 20 heavy (non-hydrogen) atoms. The molecule has 0 bridgehead atoms. The first-order valence-corrected chi connectivity index (χ1v) is 9.09. The van der Waals surface area contributed by atoms with Gasteiger partial charge in [0.05, 0.1) is 9.77 Å². The zero-order chi connectivity index (χ0) is 14.8. The summed E-state index contributed by atoms with van der Waals surface area (Å²) in [6, 6.07) is 1.49. The molecule has 1 aliphatic rings. The molecule has 0 aromatic carbocycles. The van der Waals surface area contributed by atoms with E-state index in [-0.39, 0.29) is 16.8 Å². The number of aryl methyl sites for hydroxylation is 1. The summed E-state index contributed by atoms with van der Waals surface area (Å²) in [6.07, 6.45) is 5.10. The van der Waals surface area contributed by atoms with Crippen LogP contribution in [0.5, 0.6) is 0 Å². The highest BCUT2D eigenvalue weighted by Crippen LogP contribution is 2.27. The summed E-state index contributed by atoms with van der Waals surface area (Å²) in [5, 5.41) is 2.51. The van der Waals surface area contributed by atoms with Gasteiger partial charge in [0.25, 0.3) is 5.91 Å². The zero-order valence-corrected chi connectivity index (χ0v) is 13.4. The van der Waals surface area contributed by atoms with Crippen LogP contribution in [0.15, 0.2) is 11.0 Å². The van der Waals surface area contributed by atoms with Crippen molar-refractivity contribution in [2.45, 2.75) is 50.0 Å². The van der Waals surface area contributed by atoms with E-state index in [0.717, 1.165) is 25.7 Å². The Hall–Kier alpha value is -0.920. The number of amides is 1. The van der Waals surface area contributed by atoms with Gasteiger partial charge < -0.3 is 5.32 Å². The third-order valence-electron chi connectivity index (χ3n) is 3.54. The van der Waals surface area contributed by atoms with Gasteiger partial charge in [0, 0.05) is 18.0 Å². The first-order valence-electron chi connectivity index (χ1n) is 6.79. The maximum absolute atomic E-state index is 12.4. The van der Waals surface area contributed by atoms with E-state index in [2.05, 4.69) is 10.0 Å². The van der Waals surface area contributed by atoms with Gasteiger partial charge in [-0.2, -0.15) is 0 Å². The molecule has 1 aromatic rings. The van der Waals surface area contributed by atoms with Crippen LogP contribution < -0.4 is 10.0 Å². The standard InChI is InChI=1S/C13H20N2O3S2/c1-9-12(8-11(19-9)13(16)14-2)20(17,18)15-10-6-4-3-5-7-10/h8,10,15H,3-7H2,1-2H3,(H,14,16). The summed E-state index contributed by atoms with van der Waals surface area (Å²) in [4.78, 5) is 12.9. The van der Waals surface area contributed by atoms with Crippen LogP contribution >= 0.6 is 11.3 Å². The van der Waals surface area contributed by atoms with Gasteiger partial charge in [0.1, 0.15) is 0 Å². The van der Waals surface area contributed by atoms with Crippen molar-refractivity contribution in [2.24, 2.45) is 0 Å². The molecule has 1 saturated carbocycles. The highest BCUT2D eigenvalue weighted by molar-refractivity contribution is 7.89. The van der Waals surface area contributed by atoms with E-state index in [9.17, 15) is 13.2 Å². The van der Waals surface area contributed by atoms with E-state index in [0.29, 0.717) is 9.75 Å². The van der Waals surface area contributed by atoms with Gasteiger partial charge in [0.15, 0.2) is 0 Å². The van der Waals surface area contributed by atoms with E-state index in [1.54, 1.807) is 6.92 Å². The lowest BCUT2D eigenvalue weighted by Crippen LogP contribution is -2.36. The van der Waals surface area contributed by atoms with E-state index in [4.69, 9.17) is 0 Å². The molecule has 2 N–H and O–H groups in total.